The van der Waals surface area contributed by atoms with Crippen LogP contribution in [0.15, 0.2) is 36.4 Å². The Kier molecular flexibility index (Phi) is 5.05. The third-order valence-electron chi connectivity index (χ3n) is 5.20. The molecule has 0 N–H and O–H groups in total. The topological polar surface area (TPSA) is 66.8 Å². The number of fused-ring (bicyclic) bond motifs is 3. The molecular weight excluding hydrogens is 358 g/mol. The molecule has 3 aromatic rings. The van der Waals surface area contributed by atoms with Crippen LogP contribution in [0.2, 0.25) is 0 Å². The normalized spacial score (nSPS) is 15.1. The van der Waals surface area contributed by atoms with Crippen LogP contribution in [0, 0.1) is 0 Å². The van der Waals surface area contributed by atoms with Gasteiger partial charge in [-0.25, -0.2) is 4.79 Å². The van der Waals surface area contributed by atoms with E-state index in [2.05, 4.69) is 10.6 Å². The fourth-order valence-electron chi connectivity index (χ4n) is 3.94. The summed E-state index contributed by atoms with van der Waals surface area (Å²) in [5.41, 5.74) is 2.51. The number of aromatic nitrogens is 1. The minimum absolute atomic E-state index is 0.0295. The highest BCUT2D eigenvalue weighted by Gasteiger charge is 2.23. The van der Waals surface area contributed by atoms with Gasteiger partial charge in [-0.2, -0.15) is 0 Å². The van der Waals surface area contributed by atoms with E-state index in [-0.39, 0.29) is 24.4 Å². The first-order valence-electron chi connectivity index (χ1n) is 9.45. The molecule has 2 heterocycles. The molecule has 0 unspecified atom stereocenters. The highest BCUT2D eigenvalue weighted by molar-refractivity contribution is 6.12. The molecule has 1 aliphatic rings. The summed E-state index contributed by atoms with van der Waals surface area (Å²) in [6.45, 7) is 2.96. The third-order valence-corrected chi connectivity index (χ3v) is 5.20. The lowest BCUT2D eigenvalue weighted by Crippen LogP contribution is -2.19. The molecule has 1 aliphatic heterocycles. The minimum Gasteiger partial charge on any atom is -0.485 e. The van der Waals surface area contributed by atoms with Crippen molar-refractivity contribution in [3.05, 3.63) is 42.0 Å². The molecule has 0 radical (unpaired) electrons. The van der Waals surface area contributed by atoms with Crippen molar-refractivity contribution in [1.29, 1.82) is 0 Å². The summed E-state index contributed by atoms with van der Waals surface area (Å²) < 4.78 is 18.5. The quantitative estimate of drug-likeness (QED) is 0.627. The Hall–Kier alpha value is -2.86. The molecule has 0 aliphatic carbocycles. The highest BCUT2D eigenvalue weighted by atomic mass is 16.5. The fraction of sp³-hybridized carbons (Fsp3) is 0.364. The van der Waals surface area contributed by atoms with Crippen LogP contribution in [0.3, 0.4) is 0 Å². The maximum atomic E-state index is 12.1. The van der Waals surface area contributed by atoms with Crippen molar-refractivity contribution < 1.29 is 23.8 Å². The number of carbonyl (C=O) groups is 2. The molecule has 0 spiro atoms. The molecule has 6 heteroatoms. The van der Waals surface area contributed by atoms with Crippen molar-refractivity contribution in [3.8, 4) is 5.75 Å². The Labute approximate surface area is 163 Å². The maximum Gasteiger partial charge on any atom is 0.337 e. The number of Topliss-reactive ketones (excluding diaryl/α,β-unsaturated/α-hetero) is 1. The number of hydrogen-bond donors (Lipinski definition) is 0. The van der Waals surface area contributed by atoms with Crippen LogP contribution in [-0.4, -0.2) is 43.3 Å². The van der Waals surface area contributed by atoms with E-state index in [0.29, 0.717) is 24.5 Å². The second-order valence-electron chi connectivity index (χ2n) is 7.08. The lowest BCUT2D eigenvalue weighted by atomic mass is 10.1. The van der Waals surface area contributed by atoms with Crippen LogP contribution in [0.1, 0.15) is 36.2 Å². The molecule has 1 saturated heterocycles. The van der Waals surface area contributed by atoms with Gasteiger partial charge in [-0.1, -0.05) is 12.1 Å². The number of esters is 1. The number of ether oxygens (including phenoxy) is 3. The SMILES string of the molecule is COC(=O)c1ccc2c3c(OCC(C)=O)cccc3n(C3CCOCC3)c2c1. The first-order chi connectivity index (χ1) is 13.6. The largest absolute Gasteiger partial charge is 0.485 e. The number of nitrogens with zero attached hydrogens (tertiary/aromatic N) is 1. The highest BCUT2D eigenvalue weighted by Crippen LogP contribution is 2.40. The number of hydrogen-bond acceptors (Lipinski definition) is 5. The van der Waals surface area contributed by atoms with Gasteiger partial charge in [-0.15, -0.1) is 0 Å². The molecule has 2 aromatic carbocycles. The first-order valence-corrected chi connectivity index (χ1v) is 9.45. The van der Waals surface area contributed by atoms with E-state index >= 15 is 0 Å². The number of carbonyl (C=O) groups excluding carboxylic acids is 2. The molecule has 146 valence electrons. The molecule has 28 heavy (non-hydrogen) atoms. The van der Waals surface area contributed by atoms with Gasteiger partial charge < -0.3 is 18.8 Å². The molecular formula is C22H23NO5. The Bertz CT molecular complexity index is 1050. The molecule has 1 aromatic heterocycles. The van der Waals surface area contributed by atoms with E-state index in [1.807, 2.05) is 24.3 Å². The lowest BCUT2D eigenvalue weighted by Gasteiger charge is -2.25. The van der Waals surface area contributed by atoms with E-state index in [9.17, 15) is 9.59 Å². The summed E-state index contributed by atoms with van der Waals surface area (Å²) in [5.74, 6) is 0.284. The van der Waals surface area contributed by atoms with Crippen molar-refractivity contribution in [3.63, 3.8) is 0 Å². The summed E-state index contributed by atoms with van der Waals surface area (Å²) in [7, 11) is 1.38. The van der Waals surface area contributed by atoms with Crippen molar-refractivity contribution >= 4 is 33.6 Å². The standard InChI is InChI=1S/C22H23NO5/c1-14(24)13-28-20-5-3-4-18-21(20)17-7-6-15(22(25)26-2)12-19(17)23(18)16-8-10-27-11-9-16/h3-7,12,16H,8-11,13H2,1-2H3. The molecule has 0 saturated carbocycles. The van der Waals surface area contributed by atoms with E-state index in [4.69, 9.17) is 14.2 Å². The van der Waals surface area contributed by atoms with Gasteiger partial charge in [-0.3, -0.25) is 4.79 Å². The summed E-state index contributed by atoms with van der Waals surface area (Å²) in [5, 5.41) is 1.95. The van der Waals surface area contributed by atoms with Crippen molar-refractivity contribution in [2.75, 3.05) is 26.9 Å². The van der Waals surface area contributed by atoms with Crippen molar-refractivity contribution in [2.45, 2.75) is 25.8 Å². The van der Waals surface area contributed by atoms with Crippen molar-refractivity contribution in [2.24, 2.45) is 0 Å². The van der Waals surface area contributed by atoms with Crippen LogP contribution in [-0.2, 0) is 14.3 Å². The van der Waals surface area contributed by atoms with Gasteiger partial charge in [0.25, 0.3) is 0 Å². The summed E-state index contributed by atoms with van der Waals surface area (Å²) >= 11 is 0. The predicted octanol–water partition coefficient (Wildman–Crippen LogP) is 3.90. The van der Waals surface area contributed by atoms with E-state index in [0.717, 1.165) is 34.6 Å². The van der Waals surface area contributed by atoms with Crippen LogP contribution >= 0.6 is 0 Å². The average molecular weight is 381 g/mol. The Morgan fingerprint density at radius 1 is 1.14 bits per heavy atom. The average Bonchev–Trinajstić information content (AvgIpc) is 3.06. The molecule has 0 amide bonds. The number of benzene rings is 2. The lowest BCUT2D eigenvalue weighted by molar-refractivity contribution is -0.118. The Morgan fingerprint density at radius 2 is 1.93 bits per heavy atom. The Balaban J connectivity index is 1.97. The molecule has 6 nitrogen and oxygen atoms in total. The van der Waals surface area contributed by atoms with E-state index in [1.54, 1.807) is 6.07 Å². The van der Waals surface area contributed by atoms with Crippen LogP contribution in [0.4, 0.5) is 0 Å². The minimum atomic E-state index is -0.362. The maximum absolute atomic E-state index is 12.1. The monoisotopic (exact) mass is 381 g/mol. The number of methoxy groups -OCH3 is 1. The van der Waals surface area contributed by atoms with Crippen LogP contribution in [0.5, 0.6) is 5.75 Å². The third kappa shape index (κ3) is 3.24. The number of rotatable bonds is 5. The van der Waals surface area contributed by atoms with Gasteiger partial charge in [0.2, 0.25) is 0 Å². The van der Waals surface area contributed by atoms with Gasteiger partial charge in [0.1, 0.15) is 12.4 Å². The fourth-order valence-corrected chi connectivity index (χ4v) is 3.94. The van der Waals surface area contributed by atoms with Gasteiger partial charge in [0, 0.05) is 30.0 Å². The first kappa shape index (κ1) is 18.5. The van der Waals surface area contributed by atoms with Gasteiger partial charge in [-0.05, 0) is 44.0 Å². The molecule has 0 bridgehead atoms. The van der Waals surface area contributed by atoms with Gasteiger partial charge in [0.15, 0.2) is 5.78 Å². The summed E-state index contributed by atoms with van der Waals surface area (Å²) in [6, 6.07) is 11.7. The molecule has 0 atom stereocenters. The van der Waals surface area contributed by atoms with Crippen molar-refractivity contribution in [1.82, 2.24) is 4.57 Å². The Morgan fingerprint density at radius 3 is 2.64 bits per heavy atom. The molecule has 4 rings (SSSR count). The zero-order chi connectivity index (χ0) is 19.7. The van der Waals surface area contributed by atoms with Crippen LogP contribution in [0.25, 0.3) is 21.8 Å². The summed E-state index contributed by atoms with van der Waals surface area (Å²) in [4.78, 5) is 23.5. The smallest absolute Gasteiger partial charge is 0.337 e. The zero-order valence-corrected chi connectivity index (χ0v) is 16.1. The molecule has 1 fully saturated rings. The predicted molar refractivity (Wildman–Crippen MR) is 106 cm³/mol. The summed E-state index contributed by atoms with van der Waals surface area (Å²) in [6.07, 6.45) is 1.81. The zero-order valence-electron chi connectivity index (χ0n) is 16.1. The second kappa shape index (κ2) is 7.64. The van der Waals surface area contributed by atoms with Crippen LogP contribution < -0.4 is 4.74 Å². The van der Waals surface area contributed by atoms with Gasteiger partial charge >= 0.3 is 5.97 Å². The van der Waals surface area contributed by atoms with E-state index < -0.39 is 0 Å². The number of ketones is 1. The van der Waals surface area contributed by atoms with E-state index in [1.165, 1.54) is 14.0 Å². The van der Waals surface area contributed by atoms with Gasteiger partial charge in [0.05, 0.1) is 23.7 Å². The second-order valence-corrected chi connectivity index (χ2v) is 7.08.